The van der Waals surface area contributed by atoms with Crippen molar-refractivity contribution in [2.75, 3.05) is 31.4 Å². The molecule has 0 bridgehead atoms. The highest BCUT2D eigenvalue weighted by molar-refractivity contribution is 8.00. The molecule has 0 unspecified atom stereocenters. The van der Waals surface area contributed by atoms with E-state index >= 15 is 0 Å². The lowest BCUT2D eigenvalue weighted by molar-refractivity contribution is -0.120. The SMILES string of the molecule is CN(C)c1cccc(-c2nnc(S[C@@H]3CCCCNC3=O)n2N)c1. The van der Waals surface area contributed by atoms with Crippen molar-refractivity contribution in [2.45, 2.75) is 29.7 Å². The number of hydrogen-bond acceptors (Lipinski definition) is 6. The van der Waals surface area contributed by atoms with Crippen molar-refractivity contribution in [3.8, 4) is 11.4 Å². The maximum Gasteiger partial charge on any atom is 0.233 e. The summed E-state index contributed by atoms with van der Waals surface area (Å²) < 4.78 is 1.47. The summed E-state index contributed by atoms with van der Waals surface area (Å²) in [6.45, 7) is 0.744. The first-order valence-corrected chi connectivity index (χ1v) is 8.87. The van der Waals surface area contributed by atoms with Crippen LogP contribution in [0.4, 0.5) is 5.69 Å². The minimum Gasteiger partial charge on any atom is -0.378 e. The topological polar surface area (TPSA) is 89.1 Å². The van der Waals surface area contributed by atoms with E-state index in [-0.39, 0.29) is 11.2 Å². The Labute approximate surface area is 145 Å². The van der Waals surface area contributed by atoms with Gasteiger partial charge in [-0.25, -0.2) is 4.68 Å². The second-order valence-electron chi connectivity index (χ2n) is 6.01. The molecule has 0 aliphatic carbocycles. The number of hydrogen-bond donors (Lipinski definition) is 2. The number of carbonyl (C=O) groups excluding carboxylic acids is 1. The van der Waals surface area contributed by atoms with E-state index in [0.717, 1.165) is 37.1 Å². The first-order chi connectivity index (χ1) is 11.6. The Bertz CT molecular complexity index is 729. The molecular weight excluding hydrogens is 324 g/mol. The molecule has 1 aromatic carbocycles. The van der Waals surface area contributed by atoms with Crippen LogP contribution in [-0.4, -0.2) is 46.7 Å². The normalized spacial score (nSPS) is 18.1. The summed E-state index contributed by atoms with van der Waals surface area (Å²) in [4.78, 5) is 14.1. The van der Waals surface area contributed by atoms with Gasteiger partial charge in [-0.1, -0.05) is 30.3 Å². The number of nitrogen functional groups attached to an aromatic ring is 1. The Balaban J connectivity index is 1.83. The fourth-order valence-corrected chi connectivity index (χ4v) is 3.65. The molecule has 128 valence electrons. The number of benzene rings is 1. The van der Waals surface area contributed by atoms with Crippen molar-refractivity contribution in [2.24, 2.45) is 0 Å². The Hall–Kier alpha value is -2.22. The van der Waals surface area contributed by atoms with Crippen molar-refractivity contribution < 1.29 is 4.79 Å². The van der Waals surface area contributed by atoms with E-state index < -0.39 is 0 Å². The number of nitrogens with zero attached hydrogens (tertiary/aromatic N) is 4. The van der Waals surface area contributed by atoms with Gasteiger partial charge in [-0.15, -0.1) is 10.2 Å². The summed E-state index contributed by atoms with van der Waals surface area (Å²) in [5.74, 6) is 6.83. The van der Waals surface area contributed by atoms with Crippen LogP contribution in [0, 0.1) is 0 Å². The van der Waals surface area contributed by atoms with Gasteiger partial charge in [-0.2, -0.15) is 0 Å². The van der Waals surface area contributed by atoms with Crippen LogP contribution >= 0.6 is 11.8 Å². The lowest BCUT2D eigenvalue weighted by Gasteiger charge is -2.14. The summed E-state index contributed by atoms with van der Waals surface area (Å²) in [5.41, 5.74) is 1.96. The zero-order chi connectivity index (χ0) is 17.1. The third-order valence-corrected chi connectivity index (χ3v) is 5.24. The Morgan fingerprint density at radius 1 is 1.33 bits per heavy atom. The molecule has 3 rings (SSSR count). The number of thioether (sulfide) groups is 1. The van der Waals surface area contributed by atoms with E-state index in [2.05, 4.69) is 15.5 Å². The number of nitrogens with two attached hydrogens (primary N) is 1. The van der Waals surface area contributed by atoms with E-state index in [0.29, 0.717) is 11.0 Å². The van der Waals surface area contributed by atoms with Crippen LogP contribution in [0.5, 0.6) is 0 Å². The lowest BCUT2D eigenvalue weighted by Crippen LogP contribution is -2.31. The number of rotatable bonds is 4. The predicted molar refractivity (Wildman–Crippen MR) is 96.4 cm³/mol. The second kappa shape index (κ2) is 7.12. The van der Waals surface area contributed by atoms with Crippen molar-refractivity contribution >= 4 is 23.4 Å². The number of amides is 1. The molecule has 2 aromatic rings. The van der Waals surface area contributed by atoms with Crippen LogP contribution in [0.2, 0.25) is 0 Å². The fraction of sp³-hybridized carbons (Fsp3) is 0.438. The highest BCUT2D eigenvalue weighted by Gasteiger charge is 2.25. The molecule has 0 saturated carbocycles. The maximum atomic E-state index is 12.1. The quantitative estimate of drug-likeness (QED) is 0.815. The molecule has 1 aliphatic heterocycles. The van der Waals surface area contributed by atoms with E-state index in [9.17, 15) is 4.79 Å². The first-order valence-electron chi connectivity index (χ1n) is 7.99. The van der Waals surface area contributed by atoms with Gasteiger partial charge in [0.05, 0.1) is 5.25 Å². The summed E-state index contributed by atoms with van der Waals surface area (Å²) in [6.07, 6.45) is 2.86. The van der Waals surface area contributed by atoms with Crippen LogP contribution in [-0.2, 0) is 4.79 Å². The van der Waals surface area contributed by atoms with Gasteiger partial charge in [-0.05, 0) is 25.0 Å². The summed E-state index contributed by atoms with van der Waals surface area (Å²) in [6, 6.07) is 7.95. The third-order valence-electron chi connectivity index (χ3n) is 4.02. The van der Waals surface area contributed by atoms with Gasteiger partial charge in [0.1, 0.15) is 0 Å². The first kappa shape index (κ1) is 16.6. The molecule has 1 saturated heterocycles. The minimum absolute atomic E-state index is 0.0525. The number of nitrogens with one attached hydrogen (secondary N) is 1. The smallest absolute Gasteiger partial charge is 0.233 e. The van der Waals surface area contributed by atoms with Gasteiger partial charge in [0.25, 0.3) is 0 Å². The third kappa shape index (κ3) is 3.48. The summed E-state index contributed by atoms with van der Waals surface area (Å²) >= 11 is 1.38. The fourth-order valence-electron chi connectivity index (χ4n) is 2.63. The van der Waals surface area contributed by atoms with E-state index in [1.165, 1.54) is 16.4 Å². The molecule has 7 nitrogen and oxygen atoms in total. The minimum atomic E-state index is -0.167. The number of aromatic nitrogens is 3. The van der Waals surface area contributed by atoms with Crippen molar-refractivity contribution in [3.05, 3.63) is 24.3 Å². The van der Waals surface area contributed by atoms with Gasteiger partial charge >= 0.3 is 0 Å². The van der Waals surface area contributed by atoms with E-state index in [1.54, 1.807) is 0 Å². The Morgan fingerprint density at radius 2 is 2.17 bits per heavy atom. The zero-order valence-electron chi connectivity index (χ0n) is 13.9. The molecule has 8 heteroatoms. The van der Waals surface area contributed by atoms with Crippen molar-refractivity contribution in [1.82, 2.24) is 20.2 Å². The molecule has 1 aliphatic rings. The number of anilines is 1. The largest absolute Gasteiger partial charge is 0.378 e. The monoisotopic (exact) mass is 346 g/mol. The molecule has 24 heavy (non-hydrogen) atoms. The van der Waals surface area contributed by atoms with Gasteiger partial charge in [-0.3, -0.25) is 4.79 Å². The molecule has 3 N–H and O–H groups in total. The maximum absolute atomic E-state index is 12.1. The molecule has 2 heterocycles. The van der Waals surface area contributed by atoms with Crippen LogP contribution in [0.15, 0.2) is 29.4 Å². The van der Waals surface area contributed by atoms with Crippen molar-refractivity contribution in [1.29, 1.82) is 0 Å². The van der Waals surface area contributed by atoms with Gasteiger partial charge in [0.15, 0.2) is 5.82 Å². The van der Waals surface area contributed by atoms with Crippen LogP contribution < -0.4 is 16.1 Å². The predicted octanol–water partition coefficient (Wildman–Crippen LogP) is 1.49. The standard InChI is InChI=1S/C16H22N6OS/c1-21(2)12-7-5-6-11(10-12)14-19-20-16(22(14)17)24-13-8-3-4-9-18-15(13)23/h5-7,10,13H,3-4,8-9,17H2,1-2H3,(H,18,23)/t13-/m1/s1. The Morgan fingerprint density at radius 3 is 2.96 bits per heavy atom. The lowest BCUT2D eigenvalue weighted by atomic mass is 10.2. The molecule has 0 spiro atoms. The van der Waals surface area contributed by atoms with Crippen LogP contribution in [0.1, 0.15) is 19.3 Å². The highest BCUT2D eigenvalue weighted by atomic mass is 32.2. The second-order valence-corrected chi connectivity index (χ2v) is 7.18. The zero-order valence-corrected chi connectivity index (χ0v) is 14.7. The summed E-state index contributed by atoms with van der Waals surface area (Å²) in [5, 5.41) is 11.7. The van der Waals surface area contributed by atoms with Crippen LogP contribution in [0.3, 0.4) is 0 Å². The average Bonchev–Trinajstić information content (AvgIpc) is 2.80. The van der Waals surface area contributed by atoms with Gasteiger partial charge in [0, 0.05) is 31.9 Å². The highest BCUT2D eigenvalue weighted by Crippen LogP contribution is 2.29. The summed E-state index contributed by atoms with van der Waals surface area (Å²) in [7, 11) is 3.97. The van der Waals surface area contributed by atoms with E-state index in [1.807, 2.05) is 43.3 Å². The number of carbonyl (C=O) groups is 1. The molecule has 1 atom stereocenters. The Kier molecular flexibility index (Phi) is 4.94. The van der Waals surface area contributed by atoms with Gasteiger partial charge in [0.2, 0.25) is 11.1 Å². The van der Waals surface area contributed by atoms with Crippen molar-refractivity contribution in [3.63, 3.8) is 0 Å². The van der Waals surface area contributed by atoms with Crippen LogP contribution in [0.25, 0.3) is 11.4 Å². The van der Waals surface area contributed by atoms with Gasteiger partial charge < -0.3 is 16.1 Å². The molecular formula is C16H22N6OS. The average molecular weight is 346 g/mol. The molecule has 1 fully saturated rings. The molecule has 1 amide bonds. The molecule has 0 radical (unpaired) electrons. The molecule has 1 aromatic heterocycles. The van der Waals surface area contributed by atoms with E-state index in [4.69, 9.17) is 5.84 Å².